The molecule has 0 nitrogen and oxygen atoms in total. The number of rotatable bonds is 2. The lowest BCUT2D eigenvalue weighted by atomic mass is 9.64. The predicted octanol–water partition coefficient (Wildman–Crippen LogP) is 6.26. The maximum Gasteiger partial charge on any atom is -0.0210 e. The van der Waals surface area contributed by atoms with Gasteiger partial charge in [0.1, 0.15) is 0 Å². The molecule has 0 aliphatic heterocycles. The van der Waals surface area contributed by atoms with Gasteiger partial charge in [0.15, 0.2) is 0 Å². The lowest BCUT2D eigenvalue weighted by Gasteiger charge is -2.41. The van der Waals surface area contributed by atoms with Gasteiger partial charge in [-0.3, -0.25) is 0 Å². The highest BCUT2D eigenvalue weighted by molar-refractivity contribution is 5.02. The predicted molar refractivity (Wildman–Crippen MR) is 84.9 cm³/mol. The summed E-state index contributed by atoms with van der Waals surface area (Å²) in [6.07, 6.45) is 11.8. The van der Waals surface area contributed by atoms with Crippen LogP contribution >= 0.6 is 0 Å². The summed E-state index contributed by atoms with van der Waals surface area (Å²) >= 11 is 0. The molecule has 0 amide bonds. The van der Waals surface area contributed by atoms with Gasteiger partial charge in [-0.25, -0.2) is 0 Å². The van der Waals surface area contributed by atoms with Crippen LogP contribution in [-0.4, -0.2) is 0 Å². The first-order chi connectivity index (χ1) is 8.88. The Morgan fingerprint density at radius 3 is 1.79 bits per heavy atom. The molecule has 2 fully saturated rings. The summed E-state index contributed by atoms with van der Waals surface area (Å²) in [5, 5.41) is 0. The summed E-state index contributed by atoms with van der Waals surface area (Å²) < 4.78 is 0. The highest BCUT2D eigenvalue weighted by atomic mass is 14.4. The highest BCUT2D eigenvalue weighted by Crippen LogP contribution is 2.47. The molecule has 0 atom stereocenters. The summed E-state index contributed by atoms with van der Waals surface area (Å²) in [6, 6.07) is 0. The summed E-state index contributed by atoms with van der Waals surface area (Å²) in [5.41, 5.74) is 0.529. The monoisotopic (exact) mass is 263 g/mol. The van der Waals surface area contributed by atoms with Crippen molar-refractivity contribution in [1.82, 2.24) is 0 Å². The Hall–Kier alpha value is 0. The van der Waals surface area contributed by atoms with Gasteiger partial charge in [-0.1, -0.05) is 34.6 Å². The highest BCUT2D eigenvalue weighted by Gasteiger charge is 2.34. The Morgan fingerprint density at radius 2 is 1.37 bits per heavy atom. The lowest BCUT2D eigenvalue weighted by molar-refractivity contribution is 0.160. The molecule has 0 saturated heterocycles. The van der Waals surface area contributed by atoms with Gasteiger partial charge in [0, 0.05) is 0 Å². The van der Waals surface area contributed by atoms with Crippen molar-refractivity contribution in [1.29, 1.82) is 0 Å². The molecule has 2 saturated carbocycles. The van der Waals surface area contributed by atoms with E-state index < -0.39 is 0 Å². The third-order valence-corrected chi connectivity index (χ3v) is 6.14. The molecule has 0 aromatic carbocycles. The minimum atomic E-state index is 0.529. The fourth-order valence-corrected chi connectivity index (χ4v) is 4.46. The van der Waals surface area contributed by atoms with Crippen molar-refractivity contribution in [2.24, 2.45) is 29.1 Å². The standard InChI is InChI=1S/C19H35/c1-14(2)15-6-8-16(9-7-15)17-10-12-18(13-11-17)19(3,4)5/h14-16,18H,6-13H2,1-5H3. The smallest absolute Gasteiger partial charge is 0.0210 e. The molecule has 0 heterocycles. The lowest BCUT2D eigenvalue weighted by Crippen LogP contribution is -2.29. The van der Waals surface area contributed by atoms with Crippen LogP contribution in [0.5, 0.6) is 0 Å². The van der Waals surface area contributed by atoms with Crippen molar-refractivity contribution in [2.45, 2.75) is 86.0 Å². The molecule has 0 aromatic rings. The van der Waals surface area contributed by atoms with E-state index in [1.54, 1.807) is 0 Å². The molecule has 0 N–H and O–H groups in total. The van der Waals surface area contributed by atoms with E-state index in [2.05, 4.69) is 34.6 Å². The van der Waals surface area contributed by atoms with Gasteiger partial charge >= 0.3 is 0 Å². The third kappa shape index (κ3) is 3.99. The van der Waals surface area contributed by atoms with E-state index in [4.69, 9.17) is 0 Å². The zero-order chi connectivity index (χ0) is 14.0. The second kappa shape index (κ2) is 6.19. The SMILES string of the molecule is CC(C)C1CCC([C]2CCC(C(C)(C)C)CC2)CC1. The van der Waals surface area contributed by atoms with Crippen molar-refractivity contribution in [3.8, 4) is 0 Å². The van der Waals surface area contributed by atoms with E-state index in [1.807, 2.05) is 5.92 Å². The molecule has 0 heteroatoms. The van der Waals surface area contributed by atoms with Crippen LogP contribution in [0.1, 0.15) is 86.0 Å². The average molecular weight is 263 g/mol. The van der Waals surface area contributed by atoms with Gasteiger partial charge in [0.25, 0.3) is 0 Å². The van der Waals surface area contributed by atoms with Crippen molar-refractivity contribution < 1.29 is 0 Å². The van der Waals surface area contributed by atoms with Gasteiger partial charge in [-0.05, 0) is 86.4 Å². The number of hydrogen-bond donors (Lipinski definition) is 0. The van der Waals surface area contributed by atoms with Gasteiger partial charge in [-0.15, -0.1) is 0 Å². The zero-order valence-electron chi connectivity index (χ0n) is 14.0. The largest absolute Gasteiger partial charge is 0.0625 e. The Labute approximate surface area is 121 Å². The quantitative estimate of drug-likeness (QED) is 0.551. The maximum absolute atomic E-state index is 2.43. The molecule has 0 aromatic heterocycles. The molecule has 0 bridgehead atoms. The fraction of sp³-hybridized carbons (Fsp3) is 0.947. The fourth-order valence-electron chi connectivity index (χ4n) is 4.46. The first kappa shape index (κ1) is 15.4. The minimum Gasteiger partial charge on any atom is -0.0625 e. The molecular weight excluding hydrogens is 228 g/mol. The molecule has 1 radical (unpaired) electrons. The summed E-state index contributed by atoms with van der Waals surface area (Å²) in [5.74, 6) is 5.83. The maximum atomic E-state index is 2.43. The van der Waals surface area contributed by atoms with Crippen LogP contribution in [0, 0.1) is 35.0 Å². The minimum absolute atomic E-state index is 0.529. The van der Waals surface area contributed by atoms with Gasteiger partial charge < -0.3 is 0 Å². The Balaban J connectivity index is 1.77. The van der Waals surface area contributed by atoms with E-state index in [0.29, 0.717) is 5.41 Å². The van der Waals surface area contributed by atoms with Crippen LogP contribution < -0.4 is 0 Å². The molecule has 2 aliphatic rings. The summed E-state index contributed by atoms with van der Waals surface area (Å²) in [7, 11) is 0. The third-order valence-electron chi connectivity index (χ3n) is 6.14. The molecule has 2 aliphatic carbocycles. The van der Waals surface area contributed by atoms with E-state index in [0.717, 1.165) is 23.7 Å². The molecular formula is C19H35. The second-order valence-corrected chi connectivity index (χ2v) is 8.65. The average Bonchev–Trinajstić information content (AvgIpc) is 2.38. The van der Waals surface area contributed by atoms with Crippen molar-refractivity contribution in [2.75, 3.05) is 0 Å². The molecule has 2 rings (SSSR count). The first-order valence-corrected chi connectivity index (χ1v) is 8.72. The van der Waals surface area contributed by atoms with Crippen molar-refractivity contribution in [3.63, 3.8) is 0 Å². The first-order valence-electron chi connectivity index (χ1n) is 8.72. The Kier molecular flexibility index (Phi) is 5.01. The van der Waals surface area contributed by atoms with Crippen molar-refractivity contribution >= 4 is 0 Å². The van der Waals surface area contributed by atoms with Gasteiger partial charge in [0.2, 0.25) is 0 Å². The summed E-state index contributed by atoms with van der Waals surface area (Å²) in [4.78, 5) is 0. The van der Waals surface area contributed by atoms with Crippen LogP contribution in [-0.2, 0) is 0 Å². The van der Waals surface area contributed by atoms with E-state index in [9.17, 15) is 0 Å². The molecule has 19 heavy (non-hydrogen) atoms. The summed E-state index contributed by atoms with van der Waals surface area (Å²) in [6.45, 7) is 12.1. The molecule has 0 unspecified atom stereocenters. The van der Waals surface area contributed by atoms with Gasteiger partial charge in [0.05, 0.1) is 0 Å². The van der Waals surface area contributed by atoms with Gasteiger partial charge in [-0.2, -0.15) is 0 Å². The van der Waals surface area contributed by atoms with Crippen LogP contribution in [0.3, 0.4) is 0 Å². The van der Waals surface area contributed by atoms with Crippen LogP contribution in [0.2, 0.25) is 0 Å². The zero-order valence-corrected chi connectivity index (χ0v) is 14.0. The van der Waals surface area contributed by atoms with E-state index in [-0.39, 0.29) is 0 Å². The van der Waals surface area contributed by atoms with E-state index in [1.165, 1.54) is 51.4 Å². The normalized spacial score (nSPS) is 31.9. The van der Waals surface area contributed by atoms with Crippen LogP contribution in [0.15, 0.2) is 0 Å². The van der Waals surface area contributed by atoms with Crippen LogP contribution in [0.25, 0.3) is 0 Å². The molecule has 0 spiro atoms. The van der Waals surface area contributed by atoms with E-state index >= 15 is 0 Å². The topological polar surface area (TPSA) is 0 Å². The Bertz CT molecular complexity index is 254. The Morgan fingerprint density at radius 1 is 0.842 bits per heavy atom. The molecule has 111 valence electrons. The second-order valence-electron chi connectivity index (χ2n) is 8.65. The number of hydrogen-bond acceptors (Lipinski definition) is 0. The van der Waals surface area contributed by atoms with Crippen molar-refractivity contribution in [3.05, 3.63) is 5.92 Å². The van der Waals surface area contributed by atoms with Crippen LogP contribution in [0.4, 0.5) is 0 Å².